The van der Waals surface area contributed by atoms with Gasteiger partial charge in [0.15, 0.2) is 0 Å². The maximum Gasteiger partial charge on any atom is 0.225 e. The van der Waals surface area contributed by atoms with Crippen molar-refractivity contribution in [1.82, 2.24) is 10.2 Å². The quantitative estimate of drug-likeness (QED) is 0.890. The standard InChI is InChI=1S/C20H30N2O3/c1-15(2)21-19(23)18-13-22(14-20(18)8-10-25-11-9-20)12-16-4-6-17(24-3)7-5-16/h4-7,15,18H,8-14H2,1-3H3,(H,21,23). The third-order valence-electron chi connectivity index (χ3n) is 5.52. The highest BCUT2D eigenvalue weighted by atomic mass is 16.5. The molecule has 1 atom stereocenters. The van der Waals surface area contributed by atoms with E-state index in [4.69, 9.17) is 9.47 Å². The Morgan fingerprint density at radius 1 is 1.32 bits per heavy atom. The van der Waals surface area contributed by atoms with Crippen molar-refractivity contribution in [2.24, 2.45) is 11.3 Å². The van der Waals surface area contributed by atoms with Crippen LogP contribution in [-0.4, -0.2) is 50.3 Å². The van der Waals surface area contributed by atoms with Crippen molar-refractivity contribution in [3.05, 3.63) is 29.8 Å². The summed E-state index contributed by atoms with van der Waals surface area (Å²) >= 11 is 0. The molecule has 0 saturated carbocycles. The molecule has 2 saturated heterocycles. The minimum atomic E-state index is 0.0528. The molecule has 3 rings (SSSR count). The fourth-order valence-electron chi connectivity index (χ4n) is 4.21. The molecule has 25 heavy (non-hydrogen) atoms. The van der Waals surface area contributed by atoms with Gasteiger partial charge in [0.05, 0.1) is 13.0 Å². The minimum Gasteiger partial charge on any atom is -0.497 e. The van der Waals surface area contributed by atoms with Gasteiger partial charge in [0.1, 0.15) is 5.75 Å². The summed E-state index contributed by atoms with van der Waals surface area (Å²) in [6.45, 7) is 8.25. The molecule has 2 aliphatic rings. The first-order valence-corrected chi connectivity index (χ1v) is 9.26. The van der Waals surface area contributed by atoms with Crippen molar-refractivity contribution in [2.75, 3.05) is 33.4 Å². The first-order chi connectivity index (χ1) is 12.0. The molecule has 5 nitrogen and oxygen atoms in total. The van der Waals surface area contributed by atoms with Crippen LogP contribution < -0.4 is 10.1 Å². The highest BCUT2D eigenvalue weighted by Gasteiger charge is 2.50. The number of hydrogen-bond acceptors (Lipinski definition) is 4. The van der Waals surface area contributed by atoms with Crippen LogP contribution in [0.25, 0.3) is 0 Å². The Bertz CT molecular complexity index is 579. The number of rotatable bonds is 5. The van der Waals surface area contributed by atoms with Crippen molar-refractivity contribution >= 4 is 5.91 Å². The third-order valence-corrected chi connectivity index (χ3v) is 5.52. The van der Waals surface area contributed by atoms with Crippen LogP contribution in [0.4, 0.5) is 0 Å². The van der Waals surface area contributed by atoms with E-state index in [1.54, 1.807) is 7.11 Å². The van der Waals surface area contributed by atoms with Crippen molar-refractivity contribution in [3.63, 3.8) is 0 Å². The summed E-state index contributed by atoms with van der Waals surface area (Å²) < 4.78 is 10.8. The summed E-state index contributed by atoms with van der Waals surface area (Å²) in [5.41, 5.74) is 1.32. The van der Waals surface area contributed by atoms with Crippen molar-refractivity contribution in [1.29, 1.82) is 0 Å². The Labute approximate surface area is 150 Å². The maximum atomic E-state index is 12.8. The summed E-state index contributed by atoms with van der Waals surface area (Å²) in [4.78, 5) is 15.2. The number of ether oxygens (including phenoxy) is 2. The van der Waals surface area contributed by atoms with Crippen molar-refractivity contribution < 1.29 is 14.3 Å². The summed E-state index contributed by atoms with van der Waals surface area (Å²) in [5.74, 6) is 1.13. The second kappa shape index (κ2) is 7.75. The lowest BCUT2D eigenvalue weighted by atomic mass is 9.71. The number of carbonyl (C=O) groups is 1. The lowest BCUT2D eigenvalue weighted by Crippen LogP contribution is -2.46. The summed E-state index contributed by atoms with van der Waals surface area (Å²) in [7, 11) is 1.68. The van der Waals surface area contributed by atoms with Crippen LogP contribution in [0.2, 0.25) is 0 Å². The molecule has 2 fully saturated rings. The molecule has 2 aliphatic heterocycles. The predicted octanol–water partition coefficient (Wildman–Crippen LogP) is 2.45. The molecule has 0 bridgehead atoms. The Morgan fingerprint density at radius 2 is 2.00 bits per heavy atom. The van der Waals surface area contributed by atoms with Gasteiger partial charge in [-0.05, 0) is 44.4 Å². The first kappa shape index (κ1) is 18.2. The van der Waals surface area contributed by atoms with Gasteiger partial charge in [0.25, 0.3) is 0 Å². The molecule has 5 heteroatoms. The number of hydrogen-bond donors (Lipinski definition) is 1. The van der Waals surface area contributed by atoms with E-state index < -0.39 is 0 Å². The van der Waals surface area contributed by atoms with Gasteiger partial charge in [-0.15, -0.1) is 0 Å². The molecule has 138 valence electrons. The molecule has 1 unspecified atom stereocenters. The normalized spacial score (nSPS) is 23.1. The Hall–Kier alpha value is -1.59. The maximum absolute atomic E-state index is 12.8. The Balaban J connectivity index is 1.72. The molecule has 1 aromatic rings. The molecule has 0 radical (unpaired) electrons. The highest BCUT2D eigenvalue weighted by molar-refractivity contribution is 5.80. The van der Waals surface area contributed by atoms with E-state index >= 15 is 0 Å². The Kier molecular flexibility index (Phi) is 5.64. The number of likely N-dealkylation sites (tertiary alicyclic amines) is 1. The van der Waals surface area contributed by atoms with Gasteiger partial charge in [-0.2, -0.15) is 0 Å². The van der Waals surface area contributed by atoms with Gasteiger partial charge in [0.2, 0.25) is 5.91 Å². The van der Waals surface area contributed by atoms with Crippen LogP contribution >= 0.6 is 0 Å². The SMILES string of the molecule is COc1ccc(CN2CC(C(=O)NC(C)C)C3(CCOCC3)C2)cc1. The van der Waals surface area contributed by atoms with E-state index in [0.717, 1.165) is 51.4 Å². The number of carbonyl (C=O) groups excluding carboxylic acids is 1. The number of nitrogens with one attached hydrogen (secondary N) is 1. The second-order valence-electron chi connectivity index (χ2n) is 7.71. The smallest absolute Gasteiger partial charge is 0.225 e. The zero-order chi connectivity index (χ0) is 17.9. The van der Waals surface area contributed by atoms with Crippen LogP contribution in [0, 0.1) is 11.3 Å². The van der Waals surface area contributed by atoms with E-state index in [-0.39, 0.29) is 23.3 Å². The zero-order valence-electron chi connectivity index (χ0n) is 15.6. The van der Waals surface area contributed by atoms with E-state index in [0.29, 0.717) is 0 Å². The predicted molar refractivity (Wildman–Crippen MR) is 97.5 cm³/mol. The van der Waals surface area contributed by atoms with Crippen LogP contribution in [0.1, 0.15) is 32.3 Å². The topological polar surface area (TPSA) is 50.8 Å². The van der Waals surface area contributed by atoms with E-state index in [9.17, 15) is 4.79 Å². The summed E-state index contributed by atoms with van der Waals surface area (Å²) in [5, 5.41) is 3.13. The van der Waals surface area contributed by atoms with Gasteiger partial charge in [-0.1, -0.05) is 12.1 Å². The van der Waals surface area contributed by atoms with Crippen LogP contribution in [-0.2, 0) is 16.1 Å². The van der Waals surface area contributed by atoms with E-state index in [2.05, 4.69) is 22.3 Å². The van der Waals surface area contributed by atoms with Crippen LogP contribution in [0.3, 0.4) is 0 Å². The Morgan fingerprint density at radius 3 is 2.60 bits per heavy atom. The van der Waals surface area contributed by atoms with Crippen LogP contribution in [0.5, 0.6) is 5.75 Å². The molecule has 1 spiro atoms. The van der Waals surface area contributed by atoms with E-state index in [1.165, 1.54) is 5.56 Å². The van der Waals surface area contributed by atoms with Crippen molar-refractivity contribution in [2.45, 2.75) is 39.3 Å². The fraction of sp³-hybridized carbons (Fsp3) is 0.650. The number of methoxy groups -OCH3 is 1. The fourth-order valence-corrected chi connectivity index (χ4v) is 4.21. The number of benzene rings is 1. The van der Waals surface area contributed by atoms with Crippen LogP contribution in [0.15, 0.2) is 24.3 Å². The molecule has 0 aliphatic carbocycles. The third kappa shape index (κ3) is 4.15. The number of amides is 1. The summed E-state index contributed by atoms with van der Waals surface area (Å²) in [6.07, 6.45) is 1.95. The molecule has 1 aromatic carbocycles. The molecule has 2 heterocycles. The second-order valence-corrected chi connectivity index (χ2v) is 7.71. The van der Waals surface area contributed by atoms with Gasteiger partial charge >= 0.3 is 0 Å². The molecule has 0 aromatic heterocycles. The first-order valence-electron chi connectivity index (χ1n) is 9.26. The lowest BCUT2D eigenvalue weighted by Gasteiger charge is -2.37. The lowest BCUT2D eigenvalue weighted by molar-refractivity contribution is -0.130. The average molecular weight is 346 g/mol. The molecular weight excluding hydrogens is 316 g/mol. The number of nitrogens with zero attached hydrogens (tertiary/aromatic N) is 1. The highest BCUT2D eigenvalue weighted by Crippen LogP contribution is 2.44. The van der Waals surface area contributed by atoms with E-state index in [1.807, 2.05) is 26.0 Å². The minimum absolute atomic E-state index is 0.0528. The molecule has 1 N–H and O–H groups in total. The van der Waals surface area contributed by atoms with Crippen molar-refractivity contribution in [3.8, 4) is 5.75 Å². The van der Waals surface area contributed by atoms with Gasteiger partial charge in [-0.25, -0.2) is 0 Å². The average Bonchev–Trinajstić information content (AvgIpc) is 2.93. The van der Waals surface area contributed by atoms with Gasteiger partial charge < -0.3 is 14.8 Å². The largest absolute Gasteiger partial charge is 0.497 e. The van der Waals surface area contributed by atoms with Gasteiger partial charge in [0, 0.05) is 44.3 Å². The monoisotopic (exact) mass is 346 g/mol. The summed E-state index contributed by atoms with van der Waals surface area (Å²) in [6, 6.07) is 8.39. The molecule has 1 amide bonds. The molecular formula is C20H30N2O3. The van der Waals surface area contributed by atoms with Gasteiger partial charge in [-0.3, -0.25) is 9.69 Å². The zero-order valence-corrected chi connectivity index (χ0v) is 15.6.